The Morgan fingerprint density at radius 1 is 1.17 bits per heavy atom. The van der Waals surface area contributed by atoms with Crippen LogP contribution in [0.5, 0.6) is 0 Å². The van der Waals surface area contributed by atoms with E-state index in [0.717, 1.165) is 29.8 Å². The van der Waals surface area contributed by atoms with E-state index in [0.29, 0.717) is 25.6 Å². The predicted molar refractivity (Wildman–Crippen MR) is 115 cm³/mol. The molecule has 29 heavy (non-hydrogen) atoms. The minimum atomic E-state index is 0.0165. The maximum atomic E-state index is 12.8. The van der Waals surface area contributed by atoms with Crippen molar-refractivity contribution in [3.63, 3.8) is 0 Å². The zero-order valence-electron chi connectivity index (χ0n) is 17.9. The molecule has 3 heterocycles. The van der Waals surface area contributed by atoms with Gasteiger partial charge in [-0.05, 0) is 36.5 Å². The fraction of sp³-hybridized carbons (Fsp3) is 0.500. The number of hydrogen-bond acceptors (Lipinski definition) is 3. The molecule has 2 aliphatic rings. The summed E-state index contributed by atoms with van der Waals surface area (Å²) in [7, 11) is 0. The maximum absolute atomic E-state index is 12.8. The maximum Gasteiger partial charge on any atom is 0.317 e. The van der Waals surface area contributed by atoms with Crippen molar-refractivity contribution in [1.82, 2.24) is 15.2 Å². The molecule has 0 bridgehead atoms. The van der Waals surface area contributed by atoms with Crippen LogP contribution in [-0.4, -0.2) is 34.6 Å². The third-order valence-corrected chi connectivity index (χ3v) is 6.27. The number of aromatic nitrogens is 1. The summed E-state index contributed by atoms with van der Waals surface area (Å²) >= 11 is 0. The summed E-state index contributed by atoms with van der Waals surface area (Å²) in [5.74, 6) is 0.411. The molecule has 2 aliphatic heterocycles. The number of nitrogens with zero attached hydrogens (tertiary/aromatic N) is 2. The summed E-state index contributed by atoms with van der Waals surface area (Å²) in [5, 5.41) is 3.14. The molecule has 1 aromatic carbocycles. The second-order valence-corrected chi connectivity index (χ2v) is 8.69. The molecule has 2 aromatic rings. The third kappa shape index (κ3) is 4.01. The highest BCUT2D eigenvalue weighted by Crippen LogP contribution is 2.35. The summed E-state index contributed by atoms with van der Waals surface area (Å²) in [4.78, 5) is 19.8. The summed E-state index contributed by atoms with van der Waals surface area (Å²) in [6.45, 7) is 10.3. The van der Waals surface area contributed by atoms with Crippen LogP contribution >= 0.6 is 0 Å². The van der Waals surface area contributed by atoms with Crippen LogP contribution in [0.15, 0.2) is 30.3 Å². The fourth-order valence-corrected chi connectivity index (χ4v) is 4.10. The number of pyridine rings is 1. The second kappa shape index (κ2) is 8.15. The SMILES string of the molecule is CC(C)[C@@H](C)NC(=O)N1CCc2nc(-c3ccccc3)c3c(c2C1)CO[C@@H](C)C3. The standard InChI is InChI=1S/C24H31N3O2/c1-15(2)17(4)25-24(28)27-11-10-22-20(13-27)21-14-29-16(3)12-19(21)23(26-22)18-8-6-5-7-9-18/h5-9,15-17H,10-14H2,1-4H3,(H,25,28)/t16-,17+/m0/s1. The van der Waals surface area contributed by atoms with Gasteiger partial charge in [-0.1, -0.05) is 44.2 Å². The third-order valence-electron chi connectivity index (χ3n) is 6.27. The molecule has 0 aliphatic carbocycles. The minimum absolute atomic E-state index is 0.0165. The molecule has 0 saturated carbocycles. The molecule has 0 spiro atoms. The van der Waals surface area contributed by atoms with E-state index in [1.807, 2.05) is 11.0 Å². The highest BCUT2D eigenvalue weighted by molar-refractivity contribution is 5.75. The van der Waals surface area contributed by atoms with E-state index in [-0.39, 0.29) is 18.2 Å². The summed E-state index contributed by atoms with van der Waals surface area (Å²) in [5.41, 5.74) is 7.06. The summed E-state index contributed by atoms with van der Waals surface area (Å²) in [6.07, 6.45) is 1.82. The van der Waals surface area contributed by atoms with Crippen molar-refractivity contribution in [2.75, 3.05) is 6.54 Å². The van der Waals surface area contributed by atoms with Crippen LogP contribution in [0, 0.1) is 5.92 Å². The molecule has 1 N–H and O–H groups in total. The van der Waals surface area contributed by atoms with Crippen molar-refractivity contribution in [3.8, 4) is 11.3 Å². The number of carbonyl (C=O) groups excluding carboxylic acids is 1. The lowest BCUT2D eigenvalue weighted by atomic mass is 9.88. The van der Waals surface area contributed by atoms with Crippen LogP contribution < -0.4 is 5.32 Å². The Morgan fingerprint density at radius 2 is 1.93 bits per heavy atom. The van der Waals surface area contributed by atoms with E-state index in [1.165, 1.54) is 16.7 Å². The van der Waals surface area contributed by atoms with E-state index in [2.05, 4.69) is 57.3 Å². The highest BCUT2D eigenvalue weighted by Gasteiger charge is 2.30. The molecule has 0 fully saturated rings. The number of urea groups is 1. The number of ether oxygens (including phenoxy) is 1. The number of amides is 2. The van der Waals surface area contributed by atoms with Crippen LogP contribution in [-0.2, 0) is 30.7 Å². The van der Waals surface area contributed by atoms with E-state index in [1.54, 1.807) is 0 Å². The fourth-order valence-electron chi connectivity index (χ4n) is 4.10. The predicted octanol–water partition coefficient (Wildman–Crippen LogP) is 4.32. The van der Waals surface area contributed by atoms with Gasteiger partial charge >= 0.3 is 6.03 Å². The normalized spacial score (nSPS) is 19.5. The van der Waals surface area contributed by atoms with Crippen LogP contribution in [0.25, 0.3) is 11.3 Å². The highest BCUT2D eigenvalue weighted by atomic mass is 16.5. The molecule has 5 heteroatoms. The molecular formula is C24H31N3O2. The van der Waals surface area contributed by atoms with Crippen molar-refractivity contribution in [2.45, 2.75) is 65.8 Å². The molecule has 5 nitrogen and oxygen atoms in total. The molecule has 2 atom stereocenters. The van der Waals surface area contributed by atoms with E-state index in [9.17, 15) is 4.79 Å². The van der Waals surface area contributed by atoms with Gasteiger partial charge in [-0.2, -0.15) is 0 Å². The Bertz CT molecular complexity index is 895. The Balaban J connectivity index is 1.68. The van der Waals surface area contributed by atoms with E-state index in [4.69, 9.17) is 9.72 Å². The van der Waals surface area contributed by atoms with Gasteiger partial charge in [0.1, 0.15) is 0 Å². The van der Waals surface area contributed by atoms with Crippen LogP contribution in [0.3, 0.4) is 0 Å². The number of nitrogens with one attached hydrogen (secondary N) is 1. The second-order valence-electron chi connectivity index (χ2n) is 8.69. The molecule has 0 radical (unpaired) electrons. The molecule has 4 rings (SSSR count). The lowest BCUT2D eigenvalue weighted by molar-refractivity contribution is 0.0398. The zero-order chi connectivity index (χ0) is 20.5. The number of fused-ring (bicyclic) bond motifs is 3. The smallest absolute Gasteiger partial charge is 0.317 e. The first-order chi connectivity index (χ1) is 13.9. The van der Waals surface area contributed by atoms with E-state index < -0.39 is 0 Å². The Morgan fingerprint density at radius 3 is 2.66 bits per heavy atom. The van der Waals surface area contributed by atoms with Crippen LogP contribution in [0.2, 0.25) is 0 Å². The summed E-state index contributed by atoms with van der Waals surface area (Å²) < 4.78 is 6.01. The minimum Gasteiger partial charge on any atom is -0.373 e. The quantitative estimate of drug-likeness (QED) is 0.845. The average molecular weight is 394 g/mol. The van der Waals surface area contributed by atoms with Crippen LogP contribution in [0.1, 0.15) is 50.1 Å². The van der Waals surface area contributed by atoms with Gasteiger partial charge in [-0.15, -0.1) is 0 Å². The Kier molecular flexibility index (Phi) is 5.59. The number of rotatable bonds is 3. The van der Waals surface area contributed by atoms with Crippen molar-refractivity contribution in [2.24, 2.45) is 5.92 Å². The first kappa shape index (κ1) is 19.9. The first-order valence-corrected chi connectivity index (χ1v) is 10.7. The van der Waals surface area contributed by atoms with Gasteiger partial charge in [0.25, 0.3) is 0 Å². The number of hydrogen-bond donors (Lipinski definition) is 1. The monoisotopic (exact) mass is 393 g/mol. The topological polar surface area (TPSA) is 54.5 Å². The molecule has 0 unspecified atom stereocenters. The van der Waals surface area contributed by atoms with Gasteiger partial charge in [0, 0.05) is 43.2 Å². The Labute approximate surface area is 173 Å². The molecule has 1 aromatic heterocycles. The average Bonchev–Trinajstić information content (AvgIpc) is 2.73. The molecule has 154 valence electrons. The zero-order valence-corrected chi connectivity index (χ0v) is 17.9. The molecule has 0 saturated heterocycles. The van der Waals surface area contributed by atoms with Gasteiger partial charge in [-0.3, -0.25) is 4.98 Å². The van der Waals surface area contributed by atoms with Crippen molar-refractivity contribution in [3.05, 3.63) is 52.7 Å². The van der Waals surface area contributed by atoms with Crippen molar-refractivity contribution >= 4 is 6.03 Å². The largest absolute Gasteiger partial charge is 0.373 e. The van der Waals surface area contributed by atoms with Gasteiger partial charge in [-0.25, -0.2) is 4.79 Å². The van der Waals surface area contributed by atoms with Crippen molar-refractivity contribution < 1.29 is 9.53 Å². The summed E-state index contributed by atoms with van der Waals surface area (Å²) in [6, 6.07) is 10.6. The first-order valence-electron chi connectivity index (χ1n) is 10.7. The van der Waals surface area contributed by atoms with Crippen LogP contribution in [0.4, 0.5) is 4.79 Å². The van der Waals surface area contributed by atoms with E-state index >= 15 is 0 Å². The Hall–Kier alpha value is -2.40. The van der Waals surface area contributed by atoms with Crippen molar-refractivity contribution in [1.29, 1.82) is 0 Å². The van der Waals surface area contributed by atoms with Gasteiger partial charge < -0.3 is 15.0 Å². The molecule has 2 amide bonds. The lowest BCUT2D eigenvalue weighted by Gasteiger charge is -2.35. The molecular weight excluding hydrogens is 362 g/mol. The van der Waals surface area contributed by atoms with Gasteiger partial charge in [0.2, 0.25) is 0 Å². The van der Waals surface area contributed by atoms with Gasteiger partial charge in [0.15, 0.2) is 0 Å². The lowest BCUT2D eigenvalue weighted by Crippen LogP contribution is -2.47. The number of benzene rings is 1. The van der Waals surface area contributed by atoms with Gasteiger partial charge in [0.05, 0.1) is 18.4 Å². The number of carbonyl (C=O) groups is 1.